The molecule has 1 heteroatoms. The maximum absolute atomic E-state index is 4.22. The molecule has 0 aliphatic heterocycles. The van der Waals surface area contributed by atoms with Crippen LogP contribution in [0.15, 0.2) is 107 Å². The van der Waals surface area contributed by atoms with Crippen LogP contribution in [0.1, 0.15) is 30.9 Å². The van der Waals surface area contributed by atoms with E-state index < -0.39 is 0 Å². The van der Waals surface area contributed by atoms with Gasteiger partial charge in [0.15, 0.2) is 0 Å². The van der Waals surface area contributed by atoms with E-state index in [9.17, 15) is 0 Å². The summed E-state index contributed by atoms with van der Waals surface area (Å²) in [4.78, 5) is 0. The van der Waals surface area contributed by atoms with Crippen molar-refractivity contribution < 1.29 is 0 Å². The molecule has 0 aromatic heterocycles. The number of hydrogen-bond acceptors (Lipinski definition) is 0. The molecule has 0 bridgehead atoms. The SMILES string of the molecule is C=CC1(c2ccccc2)C=CC=CC1=C1C(c2ccc(Br)cc2)C1(C)C. The van der Waals surface area contributed by atoms with Crippen molar-refractivity contribution in [3.8, 4) is 0 Å². The number of hydrogen-bond donors (Lipinski definition) is 0. The zero-order valence-corrected chi connectivity index (χ0v) is 16.8. The summed E-state index contributed by atoms with van der Waals surface area (Å²) in [5, 5.41) is 0. The Bertz CT molecular complexity index is 926. The van der Waals surface area contributed by atoms with Gasteiger partial charge in [-0.1, -0.05) is 108 Å². The molecule has 2 unspecified atom stereocenters. The predicted molar refractivity (Wildman–Crippen MR) is 114 cm³/mol. The van der Waals surface area contributed by atoms with Gasteiger partial charge in [0, 0.05) is 10.4 Å². The van der Waals surface area contributed by atoms with E-state index in [-0.39, 0.29) is 10.8 Å². The first kappa shape index (κ1) is 17.3. The van der Waals surface area contributed by atoms with Crippen molar-refractivity contribution in [1.29, 1.82) is 0 Å². The second-order valence-electron chi connectivity index (χ2n) is 7.69. The molecule has 4 rings (SSSR count). The van der Waals surface area contributed by atoms with Crippen molar-refractivity contribution in [2.75, 3.05) is 0 Å². The van der Waals surface area contributed by atoms with Gasteiger partial charge in [0.2, 0.25) is 0 Å². The molecule has 26 heavy (non-hydrogen) atoms. The maximum atomic E-state index is 4.22. The van der Waals surface area contributed by atoms with Crippen LogP contribution in [0.2, 0.25) is 0 Å². The normalized spacial score (nSPS) is 28.8. The molecule has 0 nitrogen and oxygen atoms in total. The van der Waals surface area contributed by atoms with Crippen molar-refractivity contribution in [1.82, 2.24) is 0 Å². The molecular formula is C25H23Br. The number of benzene rings is 2. The Hall–Kier alpha value is -2.12. The first-order valence-electron chi connectivity index (χ1n) is 9.06. The third-order valence-electron chi connectivity index (χ3n) is 5.87. The fourth-order valence-electron chi connectivity index (χ4n) is 4.45. The van der Waals surface area contributed by atoms with Crippen LogP contribution in [-0.4, -0.2) is 0 Å². The Morgan fingerprint density at radius 3 is 2.31 bits per heavy atom. The second-order valence-corrected chi connectivity index (χ2v) is 8.61. The van der Waals surface area contributed by atoms with Crippen LogP contribution in [0.4, 0.5) is 0 Å². The largest absolute Gasteiger partial charge is 0.102 e. The van der Waals surface area contributed by atoms with Crippen molar-refractivity contribution in [2.45, 2.75) is 25.2 Å². The third kappa shape index (κ3) is 2.57. The van der Waals surface area contributed by atoms with Gasteiger partial charge < -0.3 is 0 Å². The summed E-state index contributed by atoms with van der Waals surface area (Å²) in [6.07, 6.45) is 11.0. The Labute approximate surface area is 164 Å². The van der Waals surface area contributed by atoms with Gasteiger partial charge >= 0.3 is 0 Å². The number of allylic oxidation sites excluding steroid dienone is 7. The summed E-state index contributed by atoms with van der Waals surface area (Å²) in [6, 6.07) is 19.5. The highest BCUT2D eigenvalue weighted by atomic mass is 79.9. The fourth-order valence-corrected chi connectivity index (χ4v) is 4.71. The van der Waals surface area contributed by atoms with Crippen LogP contribution in [-0.2, 0) is 5.41 Å². The highest BCUT2D eigenvalue weighted by Gasteiger charge is 2.56. The van der Waals surface area contributed by atoms with Crippen LogP contribution in [0.3, 0.4) is 0 Å². The van der Waals surface area contributed by atoms with Crippen LogP contribution in [0.25, 0.3) is 0 Å². The van der Waals surface area contributed by atoms with E-state index in [4.69, 9.17) is 0 Å². The van der Waals surface area contributed by atoms with Crippen LogP contribution in [0, 0.1) is 5.41 Å². The van der Waals surface area contributed by atoms with Crippen LogP contribution < -0.4 is 0 Å². The molecule has 2 aromatic carbocycles. The molecule has 2 atom stereocenters. The summed E-state index contributed by atoms with van der Waals surface area (Å²) in [5.41, 5.74) is 5.45. The van der Waals surface area contributed by atoms with Gasteiger partial charge in [-0.25, -0.2) is 0 Å². The molecular weight excluding hydrogens is 380 g/mol. The molecule has 1 fully saturated rings. The molecule has 2 aromatic rings. The first-order valence-corrected chi connectivity index (χ1v) is 9.85. The summed E-state index contributed by atoms with van der Waals surface area (Å²) in [6.45, 7) is 8.93. The Morgan fingerprint density at radius 2 is 1.65 bits per heavy atom. The van der Waals surface area contributed by atoms with Crippen LogP contribution in [0.5, 0.6) is 0 Å². The van der Waals surface area contributed by atoms with Gasteiger partial charge in [-0.3, -0.25) is 0 Å². The van der Waals surface area contributed by atoms with Gasteiger partial charge in [0.1, 0.15) is 0 Å². The molecule has 0 N–H and O–H groups in total. The average Bonchev–Trinajstić information content (AvgIpc) is 3.24. The Balaban J connectivity index is 1.89. The van der Waals surface area contributed by atoms with E-state index in [1.54, 1.807) is 0 Å². The zero-order chi connectivity index (χ0) is 18.4. The Kier molecular flexibility index (Phi) is 4.16. The van der Waals surface area contributed by atoms with Crippen molar-refractivity contribution in [2.24, 2.45) is 5.41 Å². The zero-order valence-electron chi connectivity index (χ0n) is 15.2. The number of rotatable bonds is 3. The fraction of sp³-hybridized carbons (Fsp3) is 0.200. The predicted octanol–water partition coefficient (Wildman–Crippen LogP) is 7.12. The number of halogens is 1. The van der Waals surface area contributed by atoms with Gasteiger partial charge in [-0.15, -0.1) is 6.58 Å². The third-order valence-corrected chi connectivity index (χ3v) is 6.40. The second kappa shape index (κ2) is 6.25. The molecule has 2 aliphatic carbocycles. The highest BCUT2D eigenvalue weighted by molar-refractivity contribution is 9.10. The van der Waals surface area contributed by atoms with Crippen molar-refractivity contribution >= 4 is 15.9 Å². The lowest BCUT2D eigenvalue weighted by Gasteiger charge is -2.32. The summed E-state index contributed by atoms with van der Waals surface area (Å²) in [7, 11) is 0. The van der Waals surface area contributed by atoms with E-state index in [1.807, 2.05) is 0 Å². The average molecular weight is 403 g/mol. The summed E-state index contributed by atoms with van der Waals surface area (Å²) >= 11 is 3.55. The van der Waals surface area contributed by atoms with E-state index in [0.29, 0.717) is 5.92 Å². The van der Waals surface area contributed by atoms with Gasteiger partial charge in [-0.2, -0.15) is 0 Å². The van der Waals surface area contributed by atoms with E-state index >= 15 is 0 Å². The maximum Gasteiger partial charge on any atom is 0.0563 e. The lowest BCUT2D eigenvalue weighted by atomic mass is 9.71. The molecule has 0 spiro atoms. The smallest absolute Gasteiger partial charge is 0.0563 e. The molecule has 130 valence electrons. The van der Waals surface area contributed by atoms with Crippen molar-refractivity contribution in [3.05, 3.63) is 118 Å². The Morgan fingerprint density at radius 1 is 0.962 bits per heavy atom. The molecule has 0 amide bonds. The molecule has 0 saturated heterocycles. The monoisotopic (exact) mass is 402 g/mol. The van der Waals surface area contributed by atoms with E-state index in [2.05, 4.69) is 121 Å². The summed E-state index contributed by atoms with van der Waals surface area (Å²) < 4.78 is 1.12. The standard InChI is InChI=1S/C25H23Br/c1-4-25(19-10-6-5-7-11-19)17-9-8-12-21(25)23-22(24(23,2)3)18-13-15-20(26)16-14-18/h4-17,22H,1H2,2-3H3. The minimum absolute atomic E-state index is 0.154. The van der Waals surface area contributed by atoms with E-state index in [0.717, 1.165) is 4.47 Å². The van der Waals surface area contributed by atoms with Gasteiger partial charge in [0.05, 0.1) is 5.41 Å². The quantitative estimate of drug-likeness (QED) is 0.479. The van der Waals surface area contributed by atoms with Crippen LogP contribution >= 0.6 is 15.9 Å². The lowest BCUT2D eigenvalue weighted by Crippen LogP contribution is -2.24. The molecule has 1 saturated carbocycles. The van der Waals surface area contributed by atoms with Crippen molar-refractivity contribution in [3.63, 3.8) is 0 Å². The first-order chi connectivity index (χ1) is 12.5. The minimum atomic E-state index is -0.257. The lowest BCUT2D eigenvalue weighted by molar-refractivity contribution is 0.638. The highest BCUT2D eigenvalue weighted by Crippen LogP contribution is 2.67. The van der Waals surface area contributed by atoms with Gasteiger partial charge in [0.25, 0.3) is 0 Å². The van der Waals surface area contributed by atoms with E-state index in [1.165, 1.54) is 22.3 Å². The summed E-state index contributed by atoms with van der Waals surface area (Å²) in [5.74, 6) is 0.449. The molecule has 2 aliphatic rings. The van der Waals surface area contributed by atoms with Gasteiger partial charge in [-0.05, 0) is 34.2 Å². The molecule has 0 heterocycles. The minimum Gasteiger partial charge on any atom is -0.102 e. The topological polar surface area (TPSA) is 0 Å². The molecule has 0 radical (unpaired) electrons.